The molecule has 0 aromatic heterocycles. The molecule has 2 amide bonds. The number of halogens is 2. The molecule has 154 valence electrons. The third kappa shape index (κ3) is 4.82. The first-order valence-electron chi connectivity index (χ1n) is 8.80. The molecule has 29 heavy (non-hydrogen) atoms. The Morgan fingerprint density at radius 1 is 1.07 bits per heavy atom. The van der Waals surface area contributed by atoms with E-state index in [0.29, 0.717) is 17.6 Å². The Labute approximate surface area is 176 Å². The SMILES string of the molecule is CC(=O)N1CCN(S(=O)(=O)c2cccc(C(=O)Nc3ccc(Br)cc3F)c2)CC1. The van der Waals surface area contributed by atoms with E-state index < -0.39 is 21.7 Å². The van der Waals surface area contributed by atoms with Crippen LogP contribution in [0.25, 0.3) is 0 Å². The molecule has 1 heterocycles. The van der Waals surface area contributed by atoms with Crippen molar-refractivity contribution in [3.05, 3.63) is 58.3 Å². The molecule has 0 atom stereocenters. The van der Waals surface area contributed by atoms with Crippen LogP contribution in [0.15, 0.2) is 51.8 Å². The lowest BCUT2D eigenvalue weighted by Gasteiger charge is -2.33. The molecule has 0 spiro atoms. The van der Waals surface area contributed by atoms with Crippen molar-refractivity contribution in [3.8, 4) is 0 Å². The van der Waals surface area contributed by atoms with Gasteiger partial charge in [-0.25, -0.2) is 12.8 Å². The smallest absolute Gasteiger partial charge is 0.255 e. The summed E-state index contributed by atoms with van der Waals surface area (Å²) in [4.78, 5) is 25.5. The summed E-state index contributed by atoms with van der Waals surface area (Å²) in [5.41, 5.74) is 0.0857. The number of anilines is 1. The molecule has 3 rings (SSSR count). The van der Waals surface area contributed by atoms with E-state index in [9.17, 15) is 22.4 Å². The molecule has 1 aliphatic rings. The van der Waals surface area contributed by atoms with Gasteiger partial charge < -0.3 is 10.2 Å². The number of sulfonamides is 1. The fourth-order valence-corrected chi connectivity index (χ4v) is 4.78. The summed E-state index contributed by atoms with van der Waals surface area (Å²) in [6, 6.07) is 9.80. The van der Waals surface area contributed by atoms with Gasteiger partial charge in [0.25, 0.3) is 5.91 Å². The first-order valence-corrected chi connectivity index (χ1v) is 11.0. The summed E-state index contributed by atoms with van der Waals surface area (Å²) in [5.74, 6) is -1.33. The van der Waals surface area contributed by atoms with E-state index in [2.05, 4.69) is 21.2 Å². The lowest BCUT2D eigenvalue weighted by Crippen LogP contribution is -2.49. The maximum Gasteiger partial charge on any atom is 0.255 e. The van der Waals surface area contributed by atoms with Crippen LogP contribution in [0.2, 0.25) is 0 Å². The van der Waals surface area contributed by atoms with Crippen LogP contribution in [0.5, 0.6) is 0 Å². The Morgan fingerprint density at radius 3 is 2.38 bits per heavy atom. The number of hydrogen-bond donors (Lipinski definition) is 1. The third-order valence-corrected chi connectivity index (χ3v) is 6.99. The highest BCUT2D eigenvalue weighted by Gasteiger charge is 2.29. The highest BCUT2D eigenvalue weighted by Crippen LogP contribution is 2.22. The number of rotatable bonds is 4. The molecule has 0 unspecified atom stereocenters. The summed E-state index contributed by atoms with van der Waals surface area (Å²) in [5, 5.41) is 2.44. The summed E-state index contributed by atoms with van der Waals surface area (Å²) in [6.07, 6.45) is 0. The zero-order valence-corrected chi connectivity index (χ0v) is 18.0. The van der Waals surface area contributed by atoms with E-state index in [1.165, 1.54) is 47.6 Å². The number of nitrogens with zero attached hydrogens (tertiary/aromatic N) is 2. The molecule has 0 bridgehead atoms. The van der Waals surface area contributed by atoms with Gasteiger partial charge >= 0.3 is 0 Å². The second-order valence-electron chi connectivity index (χ2n) is 6.52. The predicted molar refractivity (Wildman–Crippen MR) is 110 cm³/mol. The molecule has 0 radical (unpaired) electrons. The highest BCUT2D eigenvalue weighted by atomic mass is 79.9. The van der Waals surface area contributed by atoms with E-state index >= 15 is 0 Å². The normalized spacial score (nSPS) is 15.2. The molecule has 10 heteroatoms. The van der Waals surface area contributed by atoms with E-state index in [0.717, 1.165) is 0 Å². The predicted octanol–water partition coefficient (Wildman–Crippen LogP) is 2.69. The quantitative estimate of drug-likeness (QED) is 0.723. The van der Waals surface area contributed by atoms with E-state index in [1.807, 2.05) is 0 Å². The average Bonchev–Trinajstić information content (AvgIpc) is 2.70. The van der Waals surface area contributed by atoms with Crippen LogP contribution in [-0.4, -0.2) is 55.6 Å². The number of piperazine rings is 1. The third-order valence-electron chi connectivity index (χ3n) is 4.60. The van der Waals surface area contributed by atoms with Crippen molar-refractivity contribution in [2.45, 2.75) is 11.8 Å². The van der Waals surface area contributed by atoms with Crippen LogP contribution in [0, 0.1) is 5.82 Å². The monoisotopic (exact) mass is 483 g/mol. The second kappa shape index (κ2) is 8.60. The van der Waals surface area contributed by atoms with Gasteiger partial charge in [0, 0.05) is 43.1 Å². The van der Waals surface area contributed by atoms with E-state index in [4.69, 9.17) is 0 Å². The van der Waals surface area contributed by atoms with Crippen LogP contribution in [-0.2, 0) is 14.8 Å². The van der Waals surface area contributed by atoms with E-state index in [-0.39, 0.29) is 35.1 Å². The molecule has 7 nitrogen and oxygen atoms in total. The lowest BCUT2D eigenvalue weighted by atomic mass is 10.2. The van der Waals surface area contributed by atoms with Gasteiger partial charge in [0.1, 0.15) is 5.82 Å². The molecule has 2 aromatic carbocycles. The van der Waals surface area contributed by atoms with Crippen molar-refractivity contribution in [1.82, 2.24) is 9.21 Å². The number of carbonyl (C=O) groups is 2. The summed E-state index contributed by atoms with van der Waals surface area (Å²) >= 11 is 3.14. The highest BCUT2D eigenvalue weighted by molar-refractivity contribution is 9.10. The Hall–Kier alpha value is -2.30. The molecule has 1 fully saturated rings. The standard InChI is InChI=1S/C19H19BrFN3O4S/c1-13(25)23-7-9-24(10-8-23)29(27,28)16-4-2-3-14(11-16)19(26)22-18-6-5-15(20)12-17(18)21/h2-6,11-12H,7-10H2,1H3,(H,22,26). The first kappa shape index (κ1) is 21.4. The van der Waals surface area contributed by atoms with Gasteiger partial charge in [-0.1, -0.05) is 22.0 Å². The Kier molecular flexibility index (Phi) is 6.35. The maximum atomic E-state index is 14.0. The second-order valence-corrected chi connectivity index (χ2v) is 9.37. The van der Waals surface area contributed by atoms with Gasteiger partial charge in [0.2, 0.25) is 15.9 Å². The van der Waals surface area contributed by atoms with Gasteiger partial charge in [-0.05, 0) is 36.4 Å². The van der Waals surface area contributed by atoms with Crippen LogP contribution in [0.1, 0.15) is 17.3 Å². The number of carbonyl (C=O) groups excluding carboxylic acids is 2. The van der Waals surface area contributed by atoms with Crippen LogP contribution >= 0.6 is 15.9 Å². The molecular formula is C19H19BrFN3O4S. The summed E-state index contributed by atoms with van der Waals surface area (Å²) < 4.78 is 41.6. The summed E-state index contributed by atoms with van der Waals surface area (Å²) in [6.45, 7) is 2.45. The van der Waals surface area contributed by atoms with Crippen LogP contribution in [0.4, 0.5) is 10.1 Å². The van der Waals surface area contributed by atoms with Gasteiger partial charge in [-0.2, -0.15) is 4.31 Å². The lowest BCUT2D eigenvalue weighted by molar-refractivity contribution is -0.129. The number of hydrogen-bond acceptors (Lipinski definition) is 4. The summed E-state index contributed by atoms with van der Waals surface area (Å²) in [7, 11) is -3.82. The molecule has 2 aromatic rings. The minimum Gasteiger partial charge on any atom is -0.340 e. The van der Waals surface area contributed by atoms with Gasteiger partial charge in [0.15, 0.2) is 0 Å². The van der Waals surface area contributed by atoms with Crippen molar-refractivity contribution in [1.29, 1.82) is 0 Å². The fourth-order valence-electron chi connectivity index (χ4n) is 2.98. The van der Waals surface area contributed by atoms with Crippen molar-refractivity contribution < 1.29 is 22.4 Å². The molecular weight excluding hydrogens is 465 g/mol. The average molecular weight is 484 g/mol. The van der Waals surface area contributed by atoms with Crippen molar-refractivity contribution in [2.75, 3.05) is 31.5 Å². The van der Waals surface area contributed by atoms with Gasteiger partial charge in [-0.3, -0.25) is 9.59 Å². The molecule has 0 saturated carbocycles. The van der Waals surface area contributed by atoms with Crippen molar-refractivity contribution in [2.24, 2.45) is 0 Å². The number of benzene rings is 2. The van der Waals surface area contributed by atoms with E-state index in [1.54, 1.807) is 11.0 Å². The van der Waals surface area contributed by atoms with Gasteiger partial charge in [0.05, 0.1) is 10.6 Å². The van der Waals surface area contributed by atoms with Crippen LogP contribution < -0.4 is 5.32 Å². The molecule has 1 aliphatic heterocycles. The molecule has 0 aliphatic carbocycles. The Balaban J connectivity index is 1.78. The maximum absolute atomic E-state index is 14.0. The molecule has 1 N–H and O–H groups in total. The van der Waals surface area contributed by atoms with Crippen molar-refractivity contribution >= 4 is 43.5 Å². The fraction of sp³-hybridized carbons (Fsp3) is 0.263. The zero-order chi connectivity index (χ0) is 21.2. The first-order chi connectivity index (χ1) is 13.7. The number of amides is 2. The Bertz CT molecular complexity index is 1050. The largest absolute Gasteiger partial charge is 0.340 e. The topological polar surface area (TPSA) is 86.8 Å². The zero-order valence-electron chi connectivity index (χ0n) is 15.6. The minimum absolute atomic E-state index is 0.00758. The number of nitrogens with one attached hydrogen (secondary N) is 1. The molecule has 1 saturated heterocycles. The Morgan fingerprint density at radius 2 is 1.76 bits per heavy atom. The van der Waals surface area contributed by atoms with Crippen LogP contribution in [0.3, 0.4) is 0 Å². The minimum atomic E-state index is -3.82. The van der Waals surface area contributed by atoms with Gasteiger partial charge in [-0.15, -0.1) is 0 Å². The van der Waals surface area contributed by atoms with Crippen molar-refractivity contribution in [3.63, 3.8) is 0 Å².